The molecule has 1 aliphatic rings. The number of hydrogen-bond donors (Lipinski definition) is 1. The fraction of sp³-hybridized carbons (Fsp3) is 0.435. The Morgan fingerprint density at radius 1 is 1.15 bits per heavy atom. The molecular weight excluding hydrogens is 456 g/mol. The number of esters is 1. The molecule has 0 amide bonds. The van der Waals surface area contributed by atoms with Crippen molar-refractivity contribution in [1.82, 2.24) is 25.1 Å². The molecule has 10 nitrogen and oxygen atoms in total. The molecule has 0 bridgehead atoms. The van der Waals surface area contributed by atoms with Gasteiger partial charge in [-0.2, -0.15) is 4.98 Å². The van der Waals surface area contributed by atoms with Crippen molar-refractivity contribution in [3.8, 4) is 11.5 Å². The second-order valence-electron chi connectivity index (χ2n) is 8.03. The van der Waals surface area contributed by atoms with Gasteiger partial charge in [-0.05, 0) is 51.5 Å². The van der Waals surface area contributed by atoms with Crippen molar-refractivity contribution in [2.45, 2.75) is 33.7 Å². The highest BCUT2D eigenvalue weighted by Crippen LogP contribution is 2.25. The van der Waals surface area contributed by atoms with Crippen molar-refractivity contribution < 1.29 is 18.6 Å². The number of benzene rings is 1. The maximum atomic E-state index is 12.3. The molecule has 34 heavy (non-hydrogen) atoms. The summed E-state index contributed by atoms with van der Waals surface area (Å²) >= 11 is 5.66. The van der Waals surface area contributed by atoms with Gasteiger partial charge in [0.05, 0.1) is 30.1 Å². The van der Waals surface area contributed by atoms with Crippen LogP contribution < -0.4 is 5.32 Å². The minimum Gasteiger partial charge on any atom is -0.462 e. The Balaban J connectivity index is 1.35. The first-order chi connectivity index (χ1) is 16.5. The van der Waals surface area contributed by atoms with Crippen LogP contribution in [0.4, 0.5) is 5.69 Å². The van der Waals surface area contributed by atoms with Gasteiger partial charge in [-0.15, -0.1) is 0 Å². The molecule has 1 aliphatic heterocycles. The van der Waals surface area contributed by atoms with Crippen LogP contribution in [-0.4, -0.2) is 69.0 Å². The molecule has 0 radical (unpaired) electrons. The number of thiocarbonyl (C=S) groups is 1. The Morgan fingerprint density at radius 2 is 1.97 bits per heavy atom. The lowest BCUT2D eigenvalue weighted by Gasteiger charge is -2.25. The van der Waals surface area contributed by atoms with E-state index in [1.165, 1.54) is 0 Å². The standard InChI is InChI=1S/C23H28N6O4S/c1-4-31-22(30)17-8-5-6-9-18(17)24-23(34)29-11-7-10-28(12-13-29)14-19-25-21(33-27-19)20-15(2)26-32-16(20)3/h5-6,8-9H,4,7,10-14H2,1-3H3,(H,24,34). The van der Waals surface area contributed by atoms with Crippen LogP contribution in [0, 0.1) is 13.8 Å². The summed E-state index contributed by atoms with van der Waals surface area (Å²) in [5.41, 5.74) is 2.59. The van der Waals surface area contributed by atoms with Crippen LogP contribution in [0.25, 0.3) is 11.5 Å². The van der Waals surface area contributed by atoms with Crippen molar-refractivity contribution in [3.05, 3.63) is 47.1 Å². The number of aryl methyl sites for hydroxylation is 2. The van der Waals surface area contributed by atoms with E-state index in [1.54, 1.807) is 19.1 Å². The molecule has 1 N–H and O–H groups in total. The predicted molar refractivity (Wildman–Crippen MR) is 129 cm³/mol. The SMILES string of the molecule is CCOC(=O)c1ccccc1NC(=S)N1CCCN(Cc2noc(-c3c(C)noc3C)n2)CC1. The summed E-state index contributed by atoms with van der Waals surface area (Å²) in [5, 5.41) is 11.9. The van der Waals surface area contributed by atoms with Crippen molar-refractivity contribution in [2.24, 2.45) is 0 Å². The molecule has 1 saturated heterocycles. The van der Waals surface area contributed by atoms with Gasteiger partial charge in [0.25, 0.3) is 5.89 Å². The Morgan fingerprint density at radius 3 is 2.74 bits per heavy atom. The first-order valence-electron chi connectivity index (χ1n) is 11.3. The first kappa shape index (κ1) is 23.8. The summed E-state index contributed by atoms with van der Waals surface area (Å²) in [6, 6.07) is 7.23. The quantitative estimate of drug-likeness (QED) is 0.410. The normalized spacial score (nSPS) is 14.6. The van der Waals surface area contributed by atoms with Gasteiger partial charge < -0.3 is 24.0 Å². The number of para-hydroxylation sites is 1. The smallest absolute Gasteiger partial charge is 0.340 e. The van der Waals surface area contributed by atoms with E-state index in [4.69, 9.17) is 26.0 Å². The maximum absolute atomic E-state index is 12.3. The number of ether oxygens (including phenoxy) is 1. The number of hydrogen-bond acceptors (Lipinski definition) is 9. The third kappa shape index (κ3) is 5.42. The molecule has 0 saturated carbocycles. The van der Waals surface area contributed by atoms with Gasteiger partial charge in [0.1, 0.15) is 11.3 Å². The van der Waals surface area contributed by atoms with Gasteiger partial charge in [-0.1, -0.05) is 22.4 Å². The van der Waals surface area contributed by atoms with E-state index in [-0.39, 0.29) is 5.97 Å². The Bertz CT molecular complexity index is 1140. The molecule has 0 atom stereocenters. The summed E-state index contributed by atoms with van der Waals surface area (Å²) in [7, 11) is 0. The zero-order valence-electron chi connectivity index (χ0n) is 19.5. The van der Waals surface area contributed by atoms with Gasteiger partial charge >= 0.3 is 5.97 Å². The molecule has 0 aliphatic carbocycles. The van der Waals surface area contributed by atoms with Gasteiger partial charge in [0.15, 0.2) is 10.9 Å². The molecule has 3 heterocycles. The molecule has 180 valence electrons. The van der Waals surface area contributed by atoms with Crippen molar-refractivity contribution in [1.29, 1.82) is 0 Å². The highest BCUT2D eigenvalue weighted by atomic mass is 32.1. The van der Waals surface area contributed by atoms with Crippen LogP contribution in [-0.2, 0) is 11.3 Å². The topological polar surface area (TPSA) is 110 Å². The first-order valence-corrected chi connectivity index (χ1v) is 11.7. The Kier molecular flexibility index (Phi) is 7.53. The minimum absolute atomic E-state index is 0.319. The summed E-state index contributed by atoms with van der Waals surface area (Å²) < 4.78 is 15.8. The van der Waals surface area contributed by atoms with Crippen molar-refractivity contribution >= 4 is 29.0 Å². The Hall–Kier alpha value is -3.31. The molecule has 1 aromatic carbocycles. The van der Waals surface area contributed by atoms with E-state index >= 15 is 0 Å². The maximum Gasteiger partial charge on any atom is 0.340 e. The number of carbonyl (C=O) groups is 1. The fourth-order valence-electron chi connectivity index (χ4n) is 3.91. The lowest BCUT2D eigenvalue weighted by atomic mass is 10.2. The number of nitrogens with one attached hydrogen (secondary N) is 1. The second kappa shape index (κ2) is 10.7. The monoisotopic (exact) mass is 484 g/mol. The molecule has 0 spiro atoms. The van der Waals surface area contributed by atoms with Crippen molar-refractivity contribution in [2.75, 3.05) is 38.1 Å². The third-order valence-corrected chi connectivity index (χ3v) is 5.98. The van der Waals surface area contributed by atoms with Gasteiger partial charge in [-0.25, -0.2) is 4.79 Å². The van der Waals surface area contributed by atoms with Gasteiger partial charge in [0, 0.05) is 26.2 Å². The van der Waals surface area contributed by atoms with E-state index in [2.05, 4.69) is 30.4 Å². The summed E-state index contributed by atoms with van der Waals surface area (Å²) in [6.45, 7) is 9.57. The fourth-order valence-corrected chi connectivity index (χ4v) is 4.21. The molecule has 2 aromatic heterocycles. The molecule has 4 rings (SSSR count). The third-order valence-electron chi connectivity index (χ3n) is 5.62. The number of aromatic nitrogens is 3. The minimum atomic E-state index is -0.369. The van der Waals surface area contributed by atoms with E-state index < -0.39 is 0 Å². The Labute approximate surface area is 203 Å². The highest BCUT2D eigenvalue weighted by molar-refractivity contribution is 7.80. The van der Waals surface area contributed by atoms with Crippen LogP contribution in [0.2, 0.25) is 0 Å². The highest BCUT2D eigenvalue weighted by Gasteiger charge is 2.22. The van der Waals surface area contributed by atoms with E-state index in [0.717, 1.165) is 43.9 Å². The second-order valence-corrected chi connectivity index (χ2v) is 8.41. The number of rotatable bonds is 6. The molecule has 1 fully saturated rings. The molecular formula is C23H28N6O4S. The van der Waals surface area contributed by atoms with Crippen LogP contribution in [0.1, 0.15) is 41.0 Å². The molecule has 3 aromatic rings. The molecule has 11 heteroatoms. The van der Waals surface area contributed by atoms with Crippen LogP contribution in [0.5, 0.6) is 0 Å². The van der Waals surface area contributed by atoms with Crippen LogP contribution in [0.3, 0.4) is 0 Å². The lowest BCUT2D eigenvalue weighted by Crippen LogP contribution is -2.38. The van der Waals surface area contributed by atoms with E-state index in [1.807, 2.05) is 26.0 Å². The summed E-state index contributed by atoms with van der Waals surface area (Å²) in [4.78, 5) is 21.2. The average molecular weight is 485 g/mol. The predicted octanol–water partition coefficient (Wildman–Crippen LogP) is 3.42. The lowest BCUT2D eigenvalue weighted by molar-refractivity contribution is 0.0527. The van der Waals surface area contributed by atoms with E-state index in [9.17, 15) is 4.79 Å². The van der Waals surface area contributed by atoms with Gasteiger partial charge in [0.2, 0.25) is 0 Å². The van der Waals surface area contributed by atoms with Crippen LogP contribution in [0.15, 0.2) is 33.3 Å². The van der Waals surface area contributed by atoms with Gasteiger partial charge in [-0.3, -0.25) is 4.90 Å². The number of nitrogens with zero attached hydrogens (tertiary/aromatic N) is 5. The van der Waals surface area contributed by atoms with E-state index in [0.29, 0.717) is 47.0 Å². The van der Waals surface area contributed by atoms with Crippen molar-refractivity contribution in [3.63, 3.8) is 0 Å². The zero-order chi connectivity index (χ0) is 24.1. The molecule has 0 unspecified atom stereocenters. The summed E-state index contributed by atoms with van der Waals surface area (Å²) in [5.74, 6) is 1.33. The zero-order valence-corrected chi connectivity index (χ0v) is 20.4. The summed E-state index contributed by atoms with van der Waals surface area (Å²) in [6.07, 6.45) is 0.927. The van der Waals surface area contributed by atoms with Crippen LogP contribution >= 0.6 is 12.2 Å². The largest absolute Gasteiger partial charge is 0.462 e. The number of anilines is 1. The average Bonchev–Trinajstić information content (AvgIpc) is 3.32. The number of carbonyl (C=O) groups excluding carboxylic acids is 1.